The van der Waals surface area contributed by atoms with Crippen molar-refractivity contribution in [2.75, 3.05) is 61.0 Å². The minimum Gasteiger partial charge on any atom is -0.444 e. The van der Waals surface area contributed by atoms with E-state index in [0.717, 1.165) is 98.4 Å². The summed E-state index contributed by atoms with van der Waals surface area (Å²) in [5, 5.41) is 9.24. The molecule has 4 aliphatic heterocycles. The highest BCUT2D eigenvalue weighted by molar-refractivity contribution is 6.28. The molecule has 2 fully saturated rings. The van der Waals surface area contributed by atoms with Crippen molar-refractivity contribution in [2.45, 2.75) is 129 Å². The standard InChI is InChI=1S/C27H35FN6O3.C15H22N2O2.C12H14ClFN4O/c1-5-23(35)33-12-7-9-21(17-33)30-24-22(28)15-29-25(32-24)31-20-11-10-19-16-34(13-6-8-18(19)14-20)26(36)37-27(2,3)4;1-15(2,3)19-14(18)17-8-4-5-11-9-13(16)7-6-12(11)10-17;1-2-10(19)18-5-3-4-8(7-18)16-11-9(14)6-15-12(13)17-11/h5,10-11,14-15,21H,1,6-9,12-13,16-17H2,2-4H3,(H2,29,30,31,32);6-7,9H,4-5,8,10,16H2,1-3H3;2,6,8H,1,3-5,7H2,(H,15,16,17)/t21-;;8-/m1.1/s1. The van der Waals surface area contributed by atoms with Crippen LogP contribution in [0.15, 0.2) is 74.1 Å². The number of hydrogen-bond acceptors (Lipinski definition) is 14. The van der Waals surface area contributed by atoms with Crippen LogP contribution < -0.4 is 21.7 Å². The first-order valence-electron chi connectivity index (χ1n) is 25.3. The molecule has 0 saturated carbocycles. The van der Waals surface area contributed by atoms with Gasteiger partial charge in [0.15, 0.2) is 23.3 Å². The van der Waals surface area contributed by atoms with Gasteiger partial charge >= 0.3 is 12.2 Å². The molecule has 75 heavy (non-hydrogen) atoms. The number of hydrogen-bond donors (Lipinski definition) is 4. The third-order valence-corrected chi connectivity index (χ3v) is 12.6. The van der Waals surface area contributed by atoms with Crippen molar-refractivity contribution in [3.63, 3.8) is 0 Å². The van der Waals surface area contributed by atoms with Gasteiger partial charge < -0.3 is 50.8 Å². The van der Waals surface area contributed by atoms with E-state index >= 15 is 0 Å². The highest BCUT2D eigenvalue weighted by Crippen LogP contribution is 2.27. The zero-order valence-corrected chi connectivity index (χ0v) is 44.7. The first-order valence-corrected chi connectivity index (χ1v) is 25.7. The maximum absolute atomic E-state index is 14.5. The highest BCUT2D eigenvalue weighted by atomic mass is 35.5. The summed E-state index contributed by atoms with van der Waals surface area (Å²) >= 11 is 5.63. The van der Waals surface area contributed by atoms with Crippen molar-refractivity contribution in [1.82, 2.24) is 39.5 Å². The largest absolute Gasteiger partial charge is 0.444 e. The van der Waals surface area contributed by atoms with E-state index in [1.807, 2.05) is 77.9 Å². The van der Waals surface area contributed by atoms with Crippen LogP contribution in [0.5, 0.6) is 0 Å². The Labute approximate surface area is 443 Å². The van der Waals surface area contributed by atoms with Gasteiger partial charge in [0.05, 0.1) is 12.4 Å². The predicted molar refractivity (Wildman–Crippen MR) is 286 cm³/mol. The number of likely N-dealkylation sites (tertiary alicyclic amines) is 2. The normalized spacial score (nSPS) is 17.6. The van der Waals surface area contributed by atoms with Gasteiger partial charge in [-0.1, -0.05) is 25.3 Å². The molecule has 21 heteroatoms. The van der Waals surface area contributed by atoms with Crippen LogP contribution >= 0.6 is 11.6 Å². The van der Waals surface area contributed by atoms with Gasteiger partial charge in [0, 0.05) is 75.8 Å². The molecule has 0 spiro atoms. The number of anilines is 5. The van der Waals surface area contributed by atoms with E-state index in [2.05, 4.69) is 49.0 Å². The number of ether oxygens (including phenoxy) is 2. The van der Waals surface area contributed by atoms with Crippen molar-refractivity contribution >= 4 is 64.6 Å². The van der Waals surface area contributed by atoms with Gasteiger partial charge in [-0.05, 0) is 163 Å². The van der Waals surface area contributed by atoms with Crippen LogP contribution in [-0.2, 0) is 45.0 Å². The van der Waals surface area contributed by atoms with Crippen LogP contribution in [0, 0.1) is 11.6 Å². The number of carbonyl (C=O) groups excluding carboxylic acids is 4. The van der Waals surface area contributed by atoms with Crippen molar-refractivity contribution in [3.05, 3.63) is 113 Å². The number of nitrogens with zero attached hydrogens (tertiary/aromatic N) is 8. The zero-order valence-electron chi connectivity index (χ0n) is 43.9. The fourth-order valence-electron chi connectivity index (χ4n) is 8.92. The second-order valence-corrected chi connectivity index (χ2v) is 21.2. The molecule has 0 aliphatic carbocycles. The van der Waals surface area contributed by atoms with Gasteiger partial charge in [-0.15, -0.1) is 0 Å². The number of benzene rings is 2. The van der Waals surface area contributed by atoms with Gasteiger partial charge in [-0.2, -0.15) is 9.97 Å². The lowest BCUT2D eigenvalue weighted by Crippen LogP contribution is -2.44. The fourth-order valence-corrected chi connectivity index (χ4v) is 9.05. The minimum absolute atomic E-state index is 0.0151. The maximum atomic E-state index is 14.5. The average molecular weight is 1060 g/mol. The molecule has 4 amide bonds. The van der Waals surface area contributed by atoms with E-state index in [1.54, 1.807) is 19.6 Å². The summed E-state index contributed by atoms with van der Waals surface area (Å²) in [6.07, 6.45) is 11.0. The number of nitrogens with two attached hydrogens (primary N) is 1. The SMILES string of the molecule is C=CC(=O)N1CCC[C@@H](Nc2nc(Cl)ncc2F)C1.C=CC(=O)N1CCC[C@@H](Nc2nc(Nc3ccc4c(c3)CCCN(C(=O)OC(C)(C)C)C4)ncc2F)C1.CC(C)(C)OC(=O)N1CCCc2cc(N)ccc2C1. The number of aromatic nitrogens is 4. The Kier molecular flexibility index (Phi) is 19.8. The molecule has 2 atom stereocenters. The fraction of sp³-hybridized carbons (Fsp3) is 0.481. The van der Waals surface area contributed by atoms with E-state index in [1.165, 1.54) is 17.7 Å². The molecule has 0 radical (unpaired) electrons. The number of fused-ring (bicyclic) bond motifs is 2. The highest BCUT2D eigenvalue weighted by Gasteiger charge is 2.28. The van der Waals surface area contributed by atoms with E-state index in [-0.39, 0.29) is 59.0 Å². The molecule has 6 heterocycles. The van der Waals surface area contributed by atoms with Crippen LogP contribution in [0.4, 0.5) is 47.3 Å². The Morgan fingerprint density at radius 3 is 1.64 bits per heavy atom. The predicted octanol–water partition coefficient (Wildman–Crippen LogP) is 9.44. The number of carbonyl (C=O) groups is 4. The number of rotatable bonds is 8. The monoisotopic (exact) mass is 1060 g/mol. The summed E-state index contributed by atoms with van der Waals surface area (Å²) in [5.41, 5.74) is 11.0. The molecule has 18 nitrogen and oxygen atoms in total. The lowest BCUT2D eigenvalue weighted by molar-refractivity contribution is -0.127. The van der Waals surface area contributed by atoms with Crippen LogP contribution in [0.3, 0.4) is 0 Å². The second-order valence-electron chi connectivity index (χ2n) is 20.8. The number of piperidine rings is 2. The number of aryl methyl sites for hydroxylation is 2. The number of halogens is 3. The lowest BCUT2D eigenvalue weighted by atomic mass is 10.0. The Hall–Kier alpha value is -7.09. The zero-order chi connectivity index (χ0) is 54.5. The Morgan fingerprint density at radius 2 is 1.13 bits per heavy atom. The maximum Gasteiger partial charge on any atom is 0.410 e. The van der Waals surface area contributed by atoms with Gasteiger partial charge in [0.2, 0.25) is 23.0 Å². The van der Waals surface area contributed by atoms with Crippen molar-refractivity contribution in [1.29, 1.82) is 0 Å². The van der Waals surface area contributed by atoms with Gasteiger partial charge in [0.1, 0.15) is 11.2 Å². The molecular formula is C54H71ClF2N12O6. The molecule has 4 aliphatic rings. The molecule has 4 aromatic rings. The molecule has 404 valence electrons. The van der Waals surface area contributed by atoms with Crippen LogP contribution in [-0.4, -0.2) is 126 Å². The third-order valence-electron chi connectivity index (χ3n) is 12.4. The summed E-state index contributed by atoms with van der Waals surface area (Å²) < 4.78 is 39.0. The lowest BCUT2D eigenvalue weighted by Gasteiger charge is -2.32. The van der Waals surface area contributed by atoms with Crippen molar-refractivity contribution in [3.8, 4) is 0 Å². The van der Waals surface area contributed by atoms with Crippen molar-refractivity contribution in [2.24, 2.45) is 0 Å². The average Bonchev–Trinajstić information content (AvgIpc) is 3.72. The topological polar surface area (TPSA) is 213 Å². The molecule has 2 aromatic carbocycles. The van der Waals surface area contributed by atoms with Gasteiger partial charge in [-0.25, -0.2) is 28.3 Å². The Balaban J connectivity index is 0.000000202. The van der Waals surface area contributed by atoms with Crippen LogP contribution in [0.2, 0.25) is 5.28 Å². The number of nitrogen functional groups attached to an aromatic ring is 1. The Bertz CT molecular complexity index is 2680. The molecule has 0 bridgehead atoms. The quantitative estimate of drug-likeness (QED) is 0.0736. The van der Waals surface area contributed by atoms with Crippen LogP contribution in [0.1, 0.15) is 102 Å². The summed E-state index contributed by atoms with van der Waals surface area (Å²) in [6, 6.07) is 11.6. The summed E-state index contributed by atoms with van der Waals surface area (Å²) in [7, 11) is 0. The summed E-state index contributed by atoms with van der Waals surface area (Å²) in [5.74, 6) is -0.931. The molecule has 0 unspecified atom stereocenters. The summed E-state index contributed by atoms with van der Waals surface area (Å²) in [4.78, 5) is 70.9. The first kappa shape index (κ1) is 57.2. The molecule has 8 rings (SSSR count). The number of amides is 4. The molecular weight excluding hydrogens is 986 g/mol. The van der Waals surface area contributed by atoms with E-state index < -0.39 is 22.8 Å². The van der Waals surface area contributed by atoms with Crippen LogP contribution in [0.25, 0.3) is 0 Å². The third kappa shape index (κ3) is 17.5. The van der Waals surface area contributed by atoms with Gasteiger partial charge in [-0.3, -0.25) is 9.59 Å². The Morgan fingerprint density at radius 1 is 0.667 bits per heavy atom. The molecule has 2 aromatic heterocycles. The van der Waals surface area contributed by atoms with E-state index in [0.29, 0.717) is 45.8 Å². The van der Waals surface area contributed by atoms with Gasteiger partial charge in [0.25, 0.3) is 0 Å². The van der Waals surface area contributed by atoms with Crippen molar-refractivity contribution < 1.29 is 37.4 Å². The number of nitrogens with one attached hydrogen (secondary N) is 3. The molecule has 2 saturated heterocycles. The summed E-state index contributed by atoms with van der Waals surface area (Å²) in [6.45, 7) is 23.0. The first-order chi connectivity index (χ1) is 35.6. The molecule has 5 N–H and O–H groups in total. The minimum atomic E-state index is -0.559. The van der Waals surface area contributed by atoms with E-state index in [9.17, 15) is 28.0 Å². The smallest absolute Gasteiger partial charge is 0.410 e. The van der Waals surface area contributed by atoms with E-state index in [4.69, 9.17) is 26.8 Å². The second kappa shape index (κ2) is 25.9.